The molecule has 0 aliphatic carbocycles. The average Bonchev–Trinajstić information content (AvgIpc) is 2.79. The number of nitrogens with zero attached hydrogens (tertiary/aromatic N) is 2. The summed E-state index contributed by atoms with van der Waals surface area (Å²) >= 11 is 0. The van der Waals surface area contributed by atoms with Gasteiger partial charge in [-0.05, 0) is 48.7 Å². The Kier molecular flexibility index (Phi) is 7.97. The second kappa shape index (κ2) is 10.9. The van der Waals surface area contributed by atoms with Gasteiger partial charge in [0.2, 0.25) is 10.0 Å². The molecule has 8 heteroatoms. The molecule has 0 bridgehead atoms. The first kappa shape index (κ1) is 24.2. The number of hydrazone groups is 1. The van der Waals surface area contributed by atoms with E-state index in [1.165, 1.54) is 19.4 Å². The first-order chi connectivity index (χ1) is 15.8. The second-order valence-corrected chi connectivity index (χ2v) is 9.54. The maximum Gasteiger partial charge on any atom is 0.255 e. The SMILES string of the molecule is COc1ccc(S(=O)(=O)N(CC(=O)N/N=C/c2cccc(C)c2)Cc2ccccc2)cc1C. The number of methoxy groups -OCH3 is 1. The second-order valence-electron chi connectivity index (χ2n) is 7.60. The fourth-order valence-electron chi connectivity index (χ4n) is 3.30. The first-order valence-corrected chi connectivity index (χ1v) is 11.8. The highest BCUT2D eigenvalue weighted by Crippen LogP contribution is 2.24. The van der Waals surface area contributed by atoms with Crippen molar-refractivity contribution in [2.75, 3.05) is 13.7 Å². The third-order valence-electron chi connectivity index (χ3n) is 4.97. The van der Waals surface area contributed by atoms with Gasteiger partial charge in [0.15, 0.2) is 0 Å². The minimum Gasteiger partial charge on any atom is -0.496 e. The molecule has 1 amide bonds. The lowest BCUT2D eigenvalue weighted by molar-refractivity contribution is -0.121. The minimum atomic E-state index is -3.96. The molecule has 33 heavy (non-hydrogen) atoms. The van der Waals surface area contributed by atoms with Crippen LogP contribution in [0.4, 0.5) is 0 Å². The van der Waals surface area contributed by atoms with E-state index in [0.717, 1.165) is 21.0 Å². The minimum absolute atomic E-state index is 0.0449. The summed E-state index contributed by atoms with van der Waals surface area (Å²) < 4.78 is 33.2. The molecule has 0 unspecified atom stereocenters. The Hall–Kier alpha value is -3.49. The van der Waals surface area contributed by atoms with E-state index in [2.05, 4.69) is 10.5 Å². The predicted molar refractivity (Wildman–Crippen MR) is 129 cm³/mol. The van der Waals surface area contributed by atoms with Gasteiger partial charge in [-0.2, -0.15) is 9.41 Å². The summed E-state index contributed by atoms with van der Waals surface area (Å²) in [5.74, 6) is 0.0513. The molecule has 0 aliphatic rings. The van der Waals surface area contributed by atoms with Gasteiger partial charge in [-0.3, -0.25) is 4.79 Å². The Morgan fingerprint density at radius 1 is 1.03 bits per heavy atom. The number of nitrogens with one attached hydrogen (secondary N) is 1. The van der Waals surface area contributed by atoms with Crippen LogP contribution in [0.15, 0.2) is 82.8 Å². The molecule has 0 heterocycles. The van der Waals surface area contributed by atoms with Gasteiger partial charge in [0.05, 0.1) is 24.8 Å². The Balaban J connectivity index is 1.81. The van der Waals surface area contributed by atoms with Crippen molar-refractivity contribution in [1.29, 1.82) is 0 Å². The zero-order chi connectivity index (χ0) is 23.8. The van der Waals surface area contributed by atoms with Gasteiger partial charge in [-0.1, -0.05) is 60.2 Å². The molecule has 7 nitrogen and oxygen atoms in total. The molecule has 3 aromatic rings. The van der Waals surface area contributed by atoms with Crippen molar-refractivity contribution in [3.05, 3.63) is 95.1 Å². The lowest BCUT2D eigenvalue weighted by Gasteiger charge is -2.22. The van der Waals surface area contributed by atoms with E-state index in [1.54, 1.807) is 19.1 Å². The van der Waals surface area contributed by atoms with E-state index < -0.39 is 15.9 Å². The van der Waals surface area contributed by atoms with Crippen molar-refractivity contribution in [3.63, 3.8) is 0 Å². The molecule has 0 saturated carbocycles. The summed E-state index contributed by atoms with van der Waals surface area (Å²) in [5, 5.41) is 3.97. The van der Waals surface area contributed by atoms with Gasteiger partial charge in [0.1, 0.15) is 5.75 Å². The van der Waals surface area contributed by atoms with Gasteiger partial charge in [0.25, 0.3) is 5.91 Å². The number of carbonyl (C=O) groups excluding carboxylic acids is 1. The molecular formula is C25H27N3O4S. The molecule has 172 valence electrons. The maximum atomic E-state index is 13.4. The Morgan fingerprint density at radius 2 is 1.79 bits per heavy atom. The van der Waals surface area contributed by atoms with Gasteiger partial charge in [0, 0.05) is 6.54 Å². The number of hydrogen-bond acceptors (Lipinski definition) is 5. The summed E-state index contributed by atoms with van der Waals surface area (Å²) in [6, 6.07) is 21.4. The van der Waals surface area contributed by atoms with Gasteiger partial charge >= 0.3 is 0 Å². The van der Waals surface area contributed by atoms with Crippen LogP contribution >= 0.6 is 0 Å². The topological polar surface area (TPSA) is 88.1 Å². The van der Waals surface area contributed by atoms with Crippen LogP contribution in [0.2, 0.25) is 0 Å². The van der Waals surface area contributed by atoms with E-state index in [4.69, 9.17) is 4.74 Å². The zero-order valence-electron chi connectivity index (χ0n) is 18.9. The fourth-order valence-corrected chi connectivity index (χ4v) is 4.77. The van der Waals surface area contributed by atoms with Crippen LogP contribution in [-0.4, -0.2) is 38.5 Å². The number of rotatable bonds is 9. The smallest absolute Gasteiger partial charge is 0.255 e. The molecule has 0 spiro atoms. The lowest BCUT2D eigenvalue weighted by Crippen LogP contribution is -2.39. The standard InChI is InChI=1S/C25H27N3O4S/c1-19-8-7-11-22(14-19)16-26-27-25(29)18-28(17-21-9-5-4-6-10-21)33(30,31)23-12-13-24(32-3)20(2)15-23/h4-16H,17-18H2,1-3H3,(H,27,29)/b26-16+. The highest BCUT2D eigenvalue weighted by molar-refractivity contribution is 7.89. The molecule has 1 N–H and O–H groups in total. The van der Waals surface area contributed by atoms with Crippen molar-refractivity contribution < 1.29 is 17.9 Å². The number of hydrogen-bond donors (Lipinski definition) is 1. The fraction of sp³-hybridized carbons (Fsp3) is 0.200. The first-order valence-electron chi connectivity index (χ1n) is 10.4. The molecule has 0 radical (unpaired) electrons. The van der Waals surface area contributed by atoms with E-state index in [-0.39, 0.29) is 18.0 Å². The molecule has 0 aliphatic heterocycles. The van der Waals surface area contributed by atoms with E-state index in [9.17, 15) is 13.2 Å². The van der Waals surface area contributed by atoms with Gasteiger partial charge in [-0.15, -0.1) is 0 Å². The lowest BCUT2D eigenvalue weighted by atomic mass is 10.2. The van der Waals surface area contributed by atoms with Crippen molar-refractivity contribution in [1.82, 2.24) is 9.73 Å². The molecule has 0 atom stereocenters. The molecule has 0 fully saturated rings. The Morgan fingerprint density at radius 3 is 2.45 bits per heavy atom. The molecule has 0 saturated heterocycles. The van der Waals surface area contributed by atoms with Gasteiger partial charge in [-0.25, -0.2) is 13.8 Å². The monoisotopic (exact) mass is 465 g/mol. The summed E-state index contributed by atoms with van der Waals surface area (Å²) in [5.41, 5.74) is 5.78. The van der Waals surface area contributed by atoms with Crippen LogP contribution in [0.25, 0.3) is 0 Å². The van der Waals surface area contributed by atoms with Crippen LogP contribution in [0.5, 0.6) is 5.75 Å². The summed E-state index contributed by atoms with van der Waals surface area (Å²) in [4.78, 5) is 12.7. The van der Waals surface area contributed by atoms with Crippen molar-refractivity contribution >= 4 is 22.1 Å². The number of amides is 1. The van der Waals surface area contributed by atoms with E-state index >= 15 is 0 Å². The number of ether oxygens (including phenoxy) is 1. The van der Waals surface area contributed by atoms with Crippen LogP contribution in [0.3, 0.4) is 0 Å². The zero-order valence-corrected chi connectivity index (χ0v) is 19.7. The molecule has 3 aromatic carbocycles. The number of sulfonamides is 1. The predicted octanol–water partition coefficient (Wildman–Crippen LogP) is 3.65. The van der Waals surface area contributed by atoms with E-state index in [1.807, 2.05) is 61.5 Å². The van der Waals surface area contributed by atoms with Crippen molar-refractivity contribution in [3.8, 4) is 5.75 Å². The van der Waals surface area contributed by atoms with Crippen LogP contribution < -0.4 is 10.2 Å². The Bertz CT molecular complexity index is 1240. The third-order valence-corrected chi connectivity index (χ3v) is 6.76. The number of benzene rings is 3. The Labute approximate surface area is 194 Å². The van der Waals surface area contributed by atoms with Crippen LogP contribution in [-0.2, 0) is 21.4 Å². The highest BCUT2D eigenvalue weighted by atomic mass is 32.2. The maximum absolute atomic E-state index is 13.4. The summed E-state index contributed by atoms with van der Waals surface area (Å²) in [6.45, 7) is 3.39. The normalized spacial score (nSPS) is 11.6. The van der Waals surface area contributed by atoms with Gasteiger partial charge < -0.3 is 4.74 Å². The number of aryl methyl sites for hydroxylation is 2. The van der Waals surface area contributed by atoms with Crippen molar-refractivity contribution in [2.24, 2.45) is 5.10 Å². The average molecular weight is 466 g/mol. The molecule has 3 rings (SSSR count). The number of carbonyl (C=O) groups is 1. The molecule has 0 aromatic heterocycles. The molecular weight excluding hydrogens is 438 g/mol. The van der Waals surface area contributed by atoms with Crippen LogP contribution in [0.1, 0.15) is 22.3 Å². The van der Waals surface area contributed by atoms with Crippen molar-refractivity contribution in [2.45, 2.75) is 25.3 Å². The highest BCUT2D eigenvalue weighted by Gasteiger charge is 2.27. The summed E-state index contributed by atoms with van der Waals surface area (Å²) in [6.07, 6.45) is 1.52. The van der Waals surface area contributed by atoms with E-state index in [0.29, 0.717) is 11.3 Å². The third kappa shape index (κ3) is 6.50. The largest absolute Gasteiger partial charge is 0.496 e. The quantitative estimate of drug-likeness (QED) is 0.386. The summed E-state index contributed by atoms with van der Waals surface area (Å²) in [7, 11) is -2.43. The van der Waals surface area contributed by atoms with Crippen LogP contribution in [0, 0.1) is 13.8 Å².